The summed E-state index contributed by atoms with van der Waals surface area (Å²) >= 11 is 12.6. The van der Waals surface area contributed by atoms with Gasteiger partial charge in [-0.3, -0.25) is 4.98 Å². The van der Waals surface area contributed by atoms with E-state index in [1.54, 1.807) is 24.3 Å². The number of nitrogen functional groups attached to an aromatic ring is 1. The minimum Gasteiger partial charge on any atom is -0.489 e. The first-order chi connectivity index (χ1) is 16.8. The Bertz CT molecular complexity index is 1170. The van der Waals surface area contributed by atoms with Gasteiger partial charge in [-0.2, -0.15) is 8.78 Å². The topological polar surface area (TPSA) is 83.7 Å². The molecule has 0 amide bonds. The quantitative estimate of drug-likeness (QED) is 0.241. The third-order valence-electron chi connectivity index (χ3n) is 5.46. The van der Waals surface area contributed by atoms with Gasteiger partial charge in [0.1, 0.15) is 6.10 Å². The molecule has 0 bridgehead atoms. The highest BCUT2D eigenvalue weighted by Gasteiger charge is 2.26. The van der Waals surface area contributed by atoms with E-state index in [0.717, 1.165) is 12.8 Å². The number of halogens is 4. The van der Waals surface area contributed by atoms with Gasteiger partial charge in [0.15, 0.2) is 11.5 Å². The molecule has 1 aromatic heterocycles. The molecule has 4 rings (SSSR count). The molecule has 1 heterocycles. The van der Waals surface area contributed by atoms with Gasteiger partial charge >= 0.3 is 12.6 Å². The van der Waals surface area contributed by atoms with Crippen molar-refractivity contribution in [3.63, 3.8) is 0 Å². The predicted octanol–water partition coefficient (Wildman–Crippen LogP) is 6.50. The molecule has 0 aliphatic heterocycles. The van der Waals surface area contributed by atoms with Crippen molar-refractivity contribution >= 4 is 34.9 Å². The van der Waals surface area contributed by atoms with Crippen LogP contribution in [0, 0.1) is 5.92 Å². The molecular formula is C25H22Cl2F2N2O4. The number of ether oxygens (including phenoxy) is 3. The van der Waals surface area contributed by atoms with Crippen molar-refractivity contribution < 1.29 is 27.8 Å². The minimum absolute atomic E-state index is 0.104. The summed E-state index contributed by atoms with van der Waals surface area (Å²) in [4.78, 5) is 16.9. The molecule has 2 N–H and O–H groups in total. The molecule has 0 saturated heterocycles. The maximum absolute atomic E-state index is 12.9. The first-order valence-corrected chi connectivity index (χ1v) is 11.6. The van der Waals surface area contributed by atoms with Gasteiger partial charge in [-0.25, -0.2) is 4.79 Å². The van der Waals surface area contributed by atoms with E-state index >= 15 is 0 Å². The normalized spacial score (nSPS) is 14.0. The van der Waals surface area contributed by atoms with Gasteiger partial charge < -0.3 is 19.9 Å². The molecule has 1 atom stereocenters. The van der Waals surface area contributed by atoms with Crippen LogP contribution in [-0.4, -0.2) is 24.2 Å². The molecule has 3 aromatic rings. The predicted molar refractivity (Wildman–Crippen MR) is 128 cm³/mol. The first kappa shape index (κ1) is 25.0. The Morgan fingerprint density at radius 2 is 1.74 bits per heavy atom. The van der Waals surface area contributed by atoms with Gasteiger partial charge in [0, 0.05) is 24.5 Å². The van der Waals surface area contributed by atoms with Crippen LogP contribution in [0.4, 0.5) is 14.5 Å². The van der Waals surface area contributed by atoms with Gasteiger partial charge in [-0.05, 0) is 66.3 Å². The summed E-state index contributed by atoms with van der Waals surface area (Å²) < 4.78 is 42.1. The monoisotopic (exact) mass is 522 g/mol. The molecule has 1 saturated carbocycles. The summed E-state index contributed by atoms with van der Waals surface area (Å²) in [6.45, 7) is -2.64. The van der Waals surface area contributed by atoms with Crippen molar-refractivity contribution in [1.82, 2.24) is 4.98 Å². The number of aromatic nitrogens is 1. The Hall–Kier alpha value is -3.10. The molecule has 2 aromatic carbocycles. The van der Waals surface area contributed by atoms with Crippen LogP contribution in [0.25, 0.3) is 0 Å². The molecule has 1 aliphatic rings. The summed E-state index contributed by atoms with van der Waals surface area (Å²) in [5, 5.41) is 0.600. The van der Waals surface area contributed by atoms with Gasteiger partial charge in [-0.1, -0.05) is 29.3 Å². The Balaban J connectivity index is 1.67. The largest absolute Gasteiger partial charge is 0.489 e. The van der Waals surface area contributed by atoms with Crippen LogP contribution in [-0.2, 0) is 11.2 Å². The van der Waals surface area contributed by atoms with E-state index in [0.29, 0.717) is 44.9 Å². The molecule has 35 heavy (non-hydrogen) atoms. The molecule has 0 radical (unpaired) electrons. The van der Waals surface area contributed by atoms with Crippen molar-refractivity contribution in [1.29, 1.82) is 0 Å². The summed E-state index contributed by atoms with van der Waals surface area (Å²) in [5.41, 5.74) is 7.51. The molecule has 1 aliphatic carbocycles. The standard InChI is InChI=1S/C25H22Cl2F2N2O4/c26-19-11-31-12-20(27)18(19)10-22(34-24(32)15-3-6-17(30)7-4-15)16-5-8-21(35-25(28)29)23(9-16)33-13-14-1-2-14/h3-9,11-12,14,22,25H,1-2,10,13,30H2. The lowest BCUT2D eigenvalue weighted by Gasteiger charge is -2.21. The lowest BCUT2D eigenvalue weighted by molar-refractivity contribution is -0.0515. The van der Waals surface area contributed by atoms with E-state index in [1.807, 2.05) is 0 Å². The van der Waals surface area contributed by atoms with Crippen LogP contribution in [0.1, 0.15) is 40.4 Å². The highest BCUT2D eigenvalue weighted by Crippen LogP contribution is 2.38. The zero-order chi connectivity index (χ0) is 24.9. The maximum atomic E-state index is 12.9. The average Bonchev–Trinajstić information content (AvgIpc) is 3.65. The molecule has 184 valence electrons. The molecule has 0 spiro atoms. The van der Waals surface area contributed by atoms with E-state index in [1.165, 1.54) is 30.6 Å². The van der Waals surface area contributed by atoms with Crippen molar-refractivity contribution in [2.75, 3.05) is 12.3 Å². The van der Waals surface area contributed by atoms with Crippen molar-refractivity contribution in [2.24, 2.45) is 5.92 Å². The lowest BCUT2D eigenvalue weighted by Crippen LogP contribution is -2.15. The number of carbonyl (C=O) groups excluding carboxylic acids is 1. The number of nitrogens with zero attached hydrogens (tertiary/aromatic N) is 1. The van der Waals surface area contributed by atoms with E-state index < -0.39 is 18.7 Å². The zero-order valence-electron chi connectivity index (χ0n) is 18.4. The van der Waals surface area contributed by atoms with E-state index in [2.05, 4.69) is 9.72 Å². The van der Waals surface area contributed by atoms with Gasteiger partial charge in [0.25, 0.3) is 0 Å². The van der Waals surface area contributed by atoms with Crippen molar-refractivity contribution in [3.8, 4) is 11.5 Å². The molecule has 10 heteroatoms. The number of rotatable bonds is 10. The Morgan fingerprint density at radius 1 is 1.06 bits per heavy atom. The third-order valence-corrected chi connectivity index (χ3v) is 6.12. The van der Waals surface area contributed by atoms with E-state index in [4.69, 9.17) is 38.4 Å². The maximum Gasteiger partial charge on any atom is 0.387 e. The summed E-state index contributed by atoms with van der Waals surface area (Å²) in [7, 11) is 0. The fraction of sp³-hybridized carbons (Fsp3) is 0.280. The summed E-state index contributed by atoms with van der Waals surface area (Å²) in [5.74, 6) is -0.195. The molecule has 1 unspecified atom stereocenters. The Labute approximate surface area is 210 Å². The lowest BCUT2D eigenvalue weighted by atomic mass is 10.0. The van der Waals surface area contributed by atoms with Crippen LogP contribution < -0.4 is 15.2 Å². The minimum atomic E-state index is -3.02. The number of alkyl halides is 2. The smallest absolute Gasteiger partial charge is 0.387 e. The second-order valence-electron chi connectivity index (χ2n) is 8.14. The fourth-order valence-electron chi connectivity index (χ4n) is 3.39. The number of benzene rings is 2. The zero-order valence-corrected chi connectivity index (χ0v) is 19.9. The number of esters is 1. The van der Waals surface area contributed by atoms with Gasteiger partial charge in [0.05, 0.1) is 22.2 Å². The average molecular weight is 523 g/mol. The van der Waals surface area contributed by atoms with Crippen LogP contribution in [0.2, 0.25) is 10.0 Å². The van der Waals surface area contributed by atoms with Gasteiger partial charge in [-0.15, -0.1) is 0 Å². The molecular weight excluding hydrogens is 501 g/mol. The second-order valence-corrected chi connectivity index (χ2v) is 8.96. The van der Waals surface area contributed by atoms with E-state index in [9.17, 15) is 13.6 Å². The van der Waals surface area contributed by atoms with Gasteiger partial charge in [0.2, 0.25) is 0 Å². The van der Waals surface area contributed by atoms with Crippen molar-refractivity contribution in [2.45, 2.75) is 32.0 Å². The third kappa shape index (κ3) is 6.74. The highest BCUT2D eigenvalue weighted by molar-refractivity contribution is 6.35. The fourth-order valence-corrected chi connectivity index (χ4v) is 3.90. The second kappa shape index (κ2) is 11.1. The number of hydrogen-bond donors (Lipinski definition) is 1. The number of pyridine rings is 1. The van der Waals surface area contributed by atoms with Crippen LogP contribution in [0.5, 0.6) is 11.5 Å². The van der Waals surface area contributed by atoms with E-state index in [-0.39, 0.29) is 17.9 Å². The SMILES string of the molecule is Nc1ccc(C(=O)OC(Cc2c(Cl)cncc2Cl)c2ccc(OC(F)F)c(OCC3CC3)c2)cc1. The Kier molecular flexibility index (Phi) is 7.93. The number of anilines is 1. The van der Waals surface area contributed by atoms with Crippen LogP contribution >= 0.6 is 23.2 Å². The van der Waals surface area contributed by atoms with Crippen LogP contribution in [0.15, 0.2) is 54.9 Å². The number of nitrogens with two attached hydrogens (primary N) is 1. The molecule has 1 fully saturated rings. The first-order valence-electron chi connectivity index (χ1n) is 10.9. The highest BCUT2D eigenvalue weighted by atomic mass is 35.5. The number of carbonyl (C=O) groups is 1. The Morgan fingerprint density at radius 3 is 2.37 bits per heavy atom. The molecule has 6 nitrogen and oxygen atoms in total. The summed E-state index contributed by atoms with van der Waals surface area (Å²) in [6, 6.07) is 10.7. The van der Waals surface area contributed by atoms with Crippen LogP contribution in [0.3, 0.4) is 0 Å². The van der Waals surface area contributed by atoms with Crippen molar-refractivity contribution in [3.05, 3.63) is 81.6 Å². The summed E-state index contributed by atoms with van der Waals surface area (Å²) in [6.07, 6.45) is 4.15. The number of hydrogen-bond acceptors (Lipinski definition) is 6.